The molecule has 0 spiro atoms. The number of aryl methyl sites for hydroxylation is 2. The number of nitriles is 1. The number of aromatic nitrogens is 2. The van der Waals surface area contributed by atoms with Gasteiger partial charge in [-0.3, -0.25) is 0 Å². The SMILES string of the molecule is N#CCCCCn1cc[n+](CCCS(=O)(=O)[O-])c1. The van der Waals surface area contributed by atoms with Crippen LogP contribution in [0.25, 0.3) is 0 Å². The molecule has 7 heteroatoms. The largest absolute Gasteiger partial charge is 0.748 e. The van der Waals surface area contributed by atoms with Crippen LogP contribution in [0, 0.1) is 11.3 Å². The Kier molecular flexibility index (Phi) is 5.82. The van der Waals surface area contributed by atoms with E-state index >= 15 is 0 Å². The molecule has 0 saturated heterocycles. The highest BCUT2D eigenvalue weighted by Gasteiger charge is 2.04. The van der Waals surface area contributed by atoms with Crippen molar-refractivity contribution in [3.63, 3.8) is 0 Å². The lowest BCUT2D eigenvalue weighted by Crippen LogP contribution is -2.32. The zero-order valence-corrected chi connectivity index (χ0v) is 11.0. The molecule has 0 amide bonds. The fourth-order valence-corrected chi connectivity index (χ4v) is 2.11. The summed E-state index contributed by atoms with van der Waals surface area (Å²) in [6.45, 7) is 1.36. The van der Waals surface area contributed by atoms with Gasteiger partial charge in [-0.05, 0) is 19.3 Å². The summed E-state index contributed by atoms with van der Waals surface area (Å²) in [4.78, 5) is 0. The van der Waals surface area contributed by atoms with E-state index in [1.807, 2.05) is 27.9 Å². The quantitative estimate of drug-likeness (QED) is 0.389. The van der Waals surface area contributed by atoms with Gasteiger partial charge in [0.05, 0.1) is 29.3 Å². The average molecular weight is 271 g/mol. The van der Waals surface area contributed by atoms with Crippen LogP contribution in [0.1, 0.15) is 25.7 Å². The number of imidazole rings is 1. The molecule has 6 nitrogen and oxygen atoms in total. The van der Waals surface area contributed by atoms with Gasteiger partial charge < -0.3 is 4.55 Å². The normalized spacial score (nSPS) is 11.3. The Hall–Kier alpha value is -1.39. The van der Waals surface area contributed by atoms with E-state index in [0.29, 0.717) is 19.4 Å². The average Bonchev–Trinajstić information content (AvgIpc) is 2.71. The molecule has 18 heavy (non-hydrogen) atoms. The van der Waals surface area contributed by atoms with Crippen molar-refractivity contribution in [3.05, 3.63) is 18.7 Å². The minimum Gasteiger partial charge on any atom is -0.748 e. The number of rotatable bonds is 8. The molecule has 0 aliphatic heterocycles. The second kappa shape index (κ2) is 7.13. The molecule has 0 saturated carbocycles. The Morgan fingerprint density at radius 3 is 2.78 bits per heavy atom. The van der Waals surface area contributed by atoms with Crippen LogP contribution >= 0.6 is 0 Å². The highest BCUT2D eigenvalue weighted by atomic mass is 32.2. The zero-order valence-electron chi connectivity index (χ0n) is 10.2. The summed E-state index contributed by atoms with van der Waals surface area (Å²) >= 11 is 0. The van der Waals surface area contributed by atoms with E-state index in [1.165, 1.54) is 0 Å². The molecule has 0 aliphatic carbocycles. The van der Waals surface area contributed by atoms with Gasteiger partial charge >= 0.3 is 0 Å². The number of hydrogen-bond acceptors (Lipinski definition) is 4. The predicted molar refractivity (Wildman–Crippen MR) is 63.3 cm³/mol. The second-order valence-electron chi connectivity index (χ2n) is 4.12. The zero-order chi connectivity index (χ0) is 13.4. The van der Waals surface area contributed by atoms with Crippen LogP contribution < -0.4 is 4.57 Å². The van der Waals surface area contributed by atoms with E-state index in [0.717, 1.165) is 19.4 Å². The van der Waals surface area contributed by atoms with Gasteiger partial charge in [0, 0.05) is 12.2 Å². The van der Waals surface area contributed by atoms with Crippen LogP contribution in [-0.2, 0) is 23.2 Å². The lowest BCUT2D eigenvalue weighted by molar-refractivity contribution is -0.696. The van der Waals surface area contributed by atoms with Crippen LogP contribution in [-0.4, -0.2) is 23.3 Å². The van der Waals surface area contributed by atoms with Crippen LogP contribution in [0.4, 0.5) is 0 Å². The third kappa shape index (κ3) is 6.37. The Bertz CT molecular complexity index is 502. The first-order chi connectivity index (χ1) is 8.51. The molecule has 0 fully saturated rings. The maximum atomic E-state index is 10.4. The van der Waals surface area contributed by atoms with Crippen molar-refractivity contribution in [2.45, 2.75) is 38.8 Å². The summed E-state index contributed by atoms with van der Waals surface area (Å²) in [7, 11) is -4.11. The first-order valence-corrected chi connectivity index (χ1v) is 7.44. The van der Waals surface area contributed by atoms with Gasteiger partial charge in [0.1, 0.15) is 12.4 Å². The Balaban J connectivity index is 2.28. The lowest BCUT2D eigenvalue weighted by atomic mass is 10.2. The molecule has 0 atom stereocenters. The molecular formula is C11H17N3O3S. The van der Waals surface area contributed by atoms with Gasteiger partial charge in [-0.1, -0.05) is 0 Å². The van der Waals surface area contributed by atoms with Crippen LogP contribution in [0.3, 0.4) is 0 Å². The molecule has 1 rings (SSSR count). The fourth-order valence-electron chi connectivity index (χ4n) is 1.63. The molecule has 0 unspecified atom stereocenters. The summed E-state index contributed by atoms with van der Waals surface area (Å²) in [6, 6.07) is 2.10. The predicted octanol–water partition coefficient (Wildman–Crippen LogP) is 0.405. The van der Waals surface area contributed by atoms with Crippen LogP contribution in [0.2, 0.25) is 0 Å². The molecule has 1 aromatic rings. The highest BCUT2D eigenvalue weighted by molar-refractivity contribution is 7.85. The molecule has 1 aromatic heterocycles. The third-order valence-corrected chi connectivity index (χ3v) is 3.30. The van der Waals surface area contributed by atoms with Crippen molar-refractivity contribution < 1.29 is 17.5 Å². The van der Waals surface area contributed by atoms with Crippen molar-refractivity contribution in [2.24, 2.45) is 0 Å². The van der Waals surface area contributed by atoms with Crippen molar-refractivity contribution in [1.82, 2.24) is 4.57 Å². The molecule has 100 valence electrons. The van der Waals surface area contributed by atoms with Crippen LogP contribution in [0.5, 0.6) is 0 Å². The second-order valence-corrected chi connectivity index (χ2v) is 5.64. The van der Waals surface area contributed by atoms with Gasteiger partial charge in [0.2, 0.25) is 6.33 Å². The van der Waals surface area contributed by atoms with E-state index in [1.54, 1.807) is 0 Å². The van der Waals surface area contributed by atoms with E-state index in [-0.39, 0.29) is 5.75 Å². The van der Waals surface area contributed by atoms with Gasteiger partial charge in [-0.15, -0.1) is 0 Å². The Morgan fingerprint density at radius 1 is 1.33 bits per heavy atom. The lowest BCUT2D eigenvalue weighted by Gasteiger charge is -2.04. The van der Waals surface area contributed by atoms with Gasteiger partial charge in [-0.25, -0.2) is 17.6 Å². The Morgan fingerprint density at radius 2 is 2.11 bits per heavy atom. The standard InChI is InChI=1S/C11H17N3O3S/c12-5-2-1-3-6-13-8-9-14(11-13)7-4-10-18(15,16)17/h8-9,11H,1-4,6-7,10H2. The van der Waals surface area contributed by atoms with E-state index < -0.39 is 10.1 Å². The third-order valence-electron chi connectivity index (χ3n) is 2.51. The highest BCUT2D eigenvalue weighted by Crippen LogP contribution is 1.97. The van der Waals surface area contributed by atoms with Crippen molar-refractivity contribution in [1.29, 1.82) is 5.26 Å². The summed E-state index contributed by atoms with van der Waals surface area (Å²) in [5, 5.41) is 8.39. The van der Waals surface area contributed by atoms with E-state index in [2.05, 4.69) is 6.07 Å². The molecule has 0 radical (unpaired) electrons. The molecule has 0 aliphatic rings. The monoisotopic (exact) mass is 271 g/mol. The Labute approximate surface area is 107 Å². The number of nitrogens with zero attached hydrogens (tertiary/aromatic N) is 3. The van der Waals surface area contributed by atoms with Gasteiger partial charge in [0.25, 0.3) is 0 Å². The van der Waals surface area contributed by atoms with Crippen LogP contribution in [0.15, 0.2) is 18.7 Å². The molecular weight excluding hydrogens is 254 g/mol. The first kappa shape index (κ1) is 14.7. The minimum absolute atomic E-state index is 0.326. The summed E-state index contributed by atoms with van der Waals surface area (Å²) in [5.74, 6) is -0.326. The summed E-state index contributed by atoms with van der Waals surface area (Å²) in [5.41, 5.74) is 0. The van der Waals surface area contributed by atoms with Crippen molar-refractivity contribution in [3.8, 4) is 6.07 Å². The fraction of sp³-hybridized carbons (Fsp3) is 0.636. The summed E-state index contributed by atoms with van der Waals surface area (Å²) < 4.78 is 35.1. The number of hydrogen-bond donors (Lipinski definition) is 0. The molecule has 0 N–H and O–H groups in total. The maximum absolute atomic E-state index is 10.4. The van der Waals surface area contributed by atoms with Crippen molar-refractivity contribution in [2.75, 3.05) is 5.75 Å². The van der Waals surface area contributed by atoms with E-state index in [4.69, 9.17) is 5.26 Å². The molecule has 0 bridgehead atoms. The van der Waals surface area contributed by atoms with E-state index in [9.17, 15) is 13.0 Å². The van der Waals surface area contributed by atoms with Crippen molar-refractivity contribution >= 4 is 10.1 Å². The smallest absolute Gasteiger partial charge is 0.243 e. The number of unbranched alkanes of at least 4 members (excludes halogenated alkanes) is 2. The minimum atomic E-state index is -4.11. The first-order valence-electron chi connectivity index (χ1n) is 5.86. The van der Waals surface area contributed by atoms with Gasteiger partial charge in [0.15, 0.2) is 0 Å². The topological polar surface area (TPSA) is 89.8 Å². The molecule has 1 heterocycles. The maximum Gasteiger partial charge on any atom is 0.243 e. The molecule has 0 aromatic carbocycles. The summed E-state index contributed by atoms with van der Waals surface area (Å²) in [6.07, 6.45) is 8.35. The van der Waals surface area contributed by atoms with Gasteiger partial charge in [-0.2, -0.15) is 5.26 Å².